The number of halogens is 8. The first kappa shape index (κ1) is 31.0. The SMILES string of the molecule is Brc1csc(CNc2ccc(-c3nc4cc(Br)cnc4[nH]3)cc2)c1.O=C(O)C(F)(F)F.O=C(O)C(F)(F)F. The third kappa shape index (κ3) is 9.94. The van der Waals surface area contributed by atoms with Crippen LogP contribution in [-0.4, -0.2) is 49.5 Å². The second-order valence-electron chi connectivity index (χ2n) is 6.87. The predicted octanol–water partition coefficient (Wildman–Crippen LogP) is 7.09. The van der Waals surface area contributed by atoms with Crippen molar-refractivity contribution in [2.45, 2.75) is 18.9 Å². The Bertz CT molecular complexity index is 1370. The second kappa shape index (κ2) is 13.1. The summed E-state index contributed by atoms with van der Waals surface area (Å²) in [6.07, 6.45) is -8.40. The molecule has 0 fully saturated rings. The Morgan fingerprint density at radius 1 is 0.947 bits per heavy atom. The van der Waals surface area contributed by atoms with Gasteiger partial charge in [-0.25, -0.2) is 19.6 Å². The molecule has 0 unspecified atom stereocenters. The Kier molecular flexibility index (Phi) is 10.7. The lowest BCUT2D eigenvalue weighted by atomic mass is 10.2. The highest BCUT2D eigenvalue weighted by atomic mass is 79.9. The van der Waals surface area contributed by atoms with Crippen molar-refractivity contribution in [1.82, 2.24) is 15.0 Å². The molecule has 0 radical (unpaired) electrons. The number of carbonyl (C=O) groups is 2. The molecule has 3 heterocycles. The lowest BCUT2D eigenvalue weighted by Crippen LogP contribution is -2.21. The van der Waals surface area contributed by atoms with Gasteiger partial charge in [0.25, 0.3) is 0 Å². The molecule has 1 aromatic carbocycles. The first-order chi connectivity index (χ1) is 17.6. The quantitative estimate of drug-likeness (QED) is 0.168. The van der Waals surface area contributed by atoms with Crippen LogP contribution in [0.2, 0.25) is 0 Å². The highest BCUT2D eigenvalue weighted by molar-refractivity contribution is 9.10. The van der Waals surface area contributed by atoms with Crippen LogP contribution in [0.5, 0.6) is 0 Å². The number of hydrogen-bond acceptors (Lipinski definition) is 6. The van der Waals surface area contributed by atoms with Gasteiger partial charge in [0.1, 0.15) is 11.3 Å². The molecule has 0 atom stereocenters. The van der Waals surface area contributed by atoms with Gasteiger partial charge in [0.2, 0.25) is 0 Å². The molecule has 0 aliphatic rings. The normalized spacial score (nSPS) is 11.2. The molecule has 17 heteroatoms. The number of aliphatic carboxylic acids is 2. The number of thiophene rings is 1. The summed E-state index contributed by atoms with van der Waals surface area (Å²) in [4.78, 5) is 31.3. The number of carboxylic acid groups (broad SMARTS) is 2. The van der Waals surface area contributed by atoms with Crippen LogP contribution in [0.1, 0.15) is 4.88 Å². The third-order valence-corrected chi connectivity index (χ3v) is 6.17. The van der Waals surface area contributed by atoms with Gasteiger partial charge < -0.3 is 20.5 Å². The lowest BCUT2D eigenvalue weighted by molar-refractivity contribution is -0.193. The maximum atomic E-state index is 10.6. The number of fused-ring (bicyclic) bond motifs is 1. The molecule has 0 aliphatic carbocycles. The smallest absolute Gasteiger partial charge is 0.475 e. The molecule has 0 aliphatic heterocycles. The summed E-state index contributed by atoms with van der Waals surface area (Å²) in [5, 5.41) is 19.8. The van der Waals surface area contributed by atoms with E-state index in [1.165, 1.54) is 4.88 Å². The number of hydrogen-bond donors (Lipinski definition) is 4. The van der Waals surface area contributed by atoms with Crippen molar-refractivity contribution in [3.05, 3.63) is 61.8 Å². The molecule has 204 valence electrons. The fraction of sp³-hybridized carbons (Fsp3) is 0.143. The van der Waals surface area contributed by atoms with Gasteiger partial charge in [-0.15, -0.1) is 11.3 Å². The van der Waals surface area contributed by atoms with Crippen LogP contribution >= 0.6 is 43.2 Å². The monoisotopic (exact) mass is 690 g/mol. The second-order valence-corrected chi connectivity index (χ2v) is 9.70. The Morgan fingerprint density at radius 3 is 1.97 bits per heavy atom. The minimum absolute atomic E-state index is 0.790. The van der Waals surface area contributed by atoms with Gasteiger partial charge in [-0.1, -0.05) is 0 Å². The molecule has 38 heavy (non-hydrogen) atoms. The number of carboxylic acids is 2. The molecule has 0 spiro atoms. The molecule has 0 saturated carbocycles. The van der Waals surface area contributed by atoms with Crippen molar-refractivity contribution in [3.63, 3.8) is 0 Å². The van der Waals surface area contributed by atoms with Crippen LogP contribution in [0.15, 0.2) is 56.9 Å². The number of pyridine rings is 1. The van der Waals surface area contributed by atoms with Gasteiger partial charge in [0.15, 0.2) is 5.65 Å². The zero-order valence-corrected chi connectivity index (χ0v) is 22.4. The fourth-order valence-corrected chi connectivity index (χ4v) is 4.10. The number of nitrogens with one attached hydrogen (secondary N) is 2. The largest absolute Gasteiger partial charge is 0.490 e. The van der Waals surface area contributed by atoms with Gasteiger partial charge in [-0.05, 0) is 68.3 Å². The Morgan fingerprint density at radius 2 is 1.50 bits per heavy atom. The number of rotatable bonds is 4. The Hall–Kier alpha value is -3.18. The van der Waals surface area contributed by atoms with Gasteiger partial charge in [0.05, 0.1) is 0 Å². The van der Waals surface area contributed by atoms with Gasteiger partial charge >= 0.3 is 24.3 Å². The van der Waals surface area contributed by atoms with E-state index in [0.29, 0.717) is 0 Å². The van der Waals surface area contributed by atoms with E-state index in [0.717, 1.165) is 43.7 Å². The summed E-state index contributed by atoms with van der Waals surface area (Å²) >= 11 is 8.63. The summed E-state index contributed by atoms with van der Waals surface area (Å²) in [6, 6.07) is 12.3. The number of aromatic nitrogens is 3. The molecular formula is C21H14Br2F6N4O4S. The highest BCUT2D eigenvalue weighted by Gasteiger charge is 2.38. The molecular weight excluding hydrogens is 678 g/mol. The minimum atomic E-state index is -5.08. The van der Waals surface area contributed by atoms with Crippen LogP contribution in [0.4, 0.5) is 32.0 Å². The van der Waals surface area contributed by atoms with E-state index in [9.17, 15) is 26.3 Å². The first-order valence-electron chi connectivity index (χ1n) is 9.75. The van der Waals surface area contributed by atoms with Crippen LogP contribution in [0, 0.1) is 0 Å². The molecule has 3 aromatic heterocycles. The molecule has 8 nitrogen and oxygen atoms in total. The minimum Gasteiger partial charge on any atom is -0.475 e. The Balaban J connectivity index is 0.000000301. The number of alkyl halides is 6. The number of imidazole rings is 1. The van der Waals surface area contributed by atoms with Gasteiger partial charge in [0, 0.05) is 43.2 Å². The van der Waals surface area contributed by atoms with E-state index >= 15 is 0 Å². The van der Waals surface area contributed by atoms with Crippen LogP contribution in [0.25, 0.3) is 22.6 Å². The maximum Gasteiger partial charge on any atom is 0.490 e. The van der Waals surface area contributed by atoms with Crippen molar-refractivity contribution < 1.29 is 46.1 Å². The van der Waals surface area contributed by atoms with E-state index < -0.39 is 24.3 Å². The molecule has 0 bridgehead atoms. The summed E-state index contributed by atoms with van der Waals surface area (Å²) in [5.41, 5.74) is 3.76. The topological polar surface area (TPSA) is 128 Å². The van der Waals surface area contributed by atoms with E-state index in [-0.39, 0.29) is 0 Å². The van der Waals surface area contributed by atoms with Crippen LogP contribution in [-0.2, 0) is 16.1 Å². The first-order valence-corrected chi connectivity index (χ1v) is 12.2. The van der Waals surface area contributed by atoms with Crippen molar-refractivity contribution in [3.8, 4) is 11.4 Å². The van der Waals surface area contributed by atoms with E-state index in [1.54, 1.807) is 17.5 Å². The standard InChI is InChI=1S/C17H12Br2N4S.2C2HF3O2/c18-11-6-15-17(21-7-11)23-16(22-15)10-1-3-13(4-2-10)20-8-14-5-12(19)9-24-14;2*3-2(4,5)1(6)7/h1-7,9,20H,8H2,(H,21,22,23);2*(H,6,7). The maximum absolute atomic E-state index is 10.6. The molecule has 4 rings (SSSR count). The lowest BCUT2D eigenvalue weighted by Gasteiger charge is -2.05. The summed E-state index contributed by atoms with van der Waals surface area (Å²) in [7, 11) is 0. The number of nitrogens with zero attached hydrogens (tertiary/aromatic N) is 2. The van der Waals surface area contributed by atoms with E-state index in [2.05, 4.69) is 87.8 Å². The average molecular weight is 692 g/mol. The van der Waals surface area contributed by atoms with Crippen LogP contribution < -0.4 is 5.32 Å². The highest BCUT2D eigenvalue weighted by Crippen LogP contribution is 2.24. The summed E-state index contributed by atoms with van der Waals surface area (Å²) in [5.74, 6) is -4.69. The van der Waals surface area contributed by atoms with Crippen molar-refractivity contribution >= 4 is 72.0 Å². The van der Waals surface area contributed by atoms with Gasteiger partial charge in [-0.3, -0.25) is 0 Å². The number of anilines is 1. The molecule has 0 amide bonds. The fourth-order valence-electron chi connectivity index (χ4n) is 2.39. The average Bonchev–Trinajstić information content (AvgIpc) is 3.43. The molecule has 0 saturated heterocycles. The van der Waals surface area contributed by atoms with Crippen LogP contribution in [0.3, 0.4) is 0 Å². The van der Waals surface area contributed by atoms with E-state index in [1.807, 2.05) is 6.07 Å². The predicted molar refractivity (Wildman–Crippen MR) is 134 cm³/mol. The van der Waals surface area contributed by atoms with Gasteiger partial charge in [-0.2, -0.15) is 26.3 Å². The summed E-state index contributed by atoms with van der Waals surface area (Å²) < 4.78 is 65.5. The molecule has 4 aromatic rings. The summed E-state index contributed by atoms with van der Waals surface area (Å²) in [6.45, 7) is 0.818. The van der Waals surface area contributed by atoms with E-state index in [4.69, 9.17) is 19.8 Å². The Labute approximate surface area is 230 Å². The van der Waals surface area contributed by atoms with Crippen molar-refractivity contribution in [1.29, 1.82) is 0 Å². The third-order valence-electron chi connectivity index (χ3n) is 4.04. The molecule has 4 N–H and O–H groups in total. The zero-order valence-electron chi connectivity index (χ0n) is 18.4. The number of H-pyrrole nitrogens is 1. The zero-order chi connectivity index (χ0) is 28.7. The number of benzene rings is 1. The number of aromatic amines is 1. The van der Waals surface area contributed by atoms with Crippen molar-refractivity contribution in [2.75, 3.05) is 5.32 Å². The van der Waals surface area contributed by atoms with Crippen molar-refractivity contribution in [2.24, 2.45) is 0 Å².